The fourth-order valence-corrected chi connectivity index (χ4v) is 4.94. The number of halogens is 2. The topological polar surface area (TPSA) is 20.2 Å². The van der Waals surface area contributed by atoms with Crippen molar-refractivity contribution in [3.63, 3.8) is 0 Å². The normalized spacial score (nSPS) is 19.3. The summed E-state index contributed by atoms with van der Waals surface area (Å²) >= 11 is 0. The Morgan fingerprint density at radius 2 is 1.60 bits per heavy atom. The molecule has 3 aromatic carbocycles. The minimum absolute atomic E-state index is 0.161. The summed E-state index contributed by atoms with van der Waals surface area (Å²) in [4.78, 5) is 0. The van der Waals surface area contributed by atoms with Gasteiger partial charge in [-0.2, -0.15) is 0 Å². The van der Waals surface area contributed by atoms with Crippen molar-refractivity contribution in [1.82, 2.24) is 0 Å². The molecule has 0 aliphatic heterocycles. The number of rotatable bonds is 6. The Kier molecular flexibility index (Phi) is 6.36. The van der Waals surface area contributed by atoms with Gasteiger partial charge in [-0.05, 0) is 77.8 Å². The van der Waals surface area contributed by atoms with E-state index in [2.05, 4.69) is 19.1 Å². The van der Waals surface area contributed by atoms with Gasteiger partial charge < -0.3 is 5.11 Å². The minimum atomic E-state index is -0.905. The van der Waals surface area contributed by atoms with Crippen LogP contribution >= 0.6 is 0 Å². The maximum absolute atomic E-state index is 14.5. The maximum Gasteiger partial charge on any atom is 0.175 e. The first-order chi connectivity index (χ1) is 14.6. The van der Waals surface area contributed by atoms with E-state index in [1.807, 2.05) is 12.1 Å². The van der Waals surface area contributed by atoms with Gasteiger partial charge in [-0.1, -0.05) is 62.9 Å². The lowest BCUT2D eigenvalue weighted by atomic mass is 9.77. The van der Waals surface area contributed by atoms with Crippen molar-refractivity contribution in [1.29, 1.82) is 0 Å². The molecule has 3 aromatic rings. The van der Waals surface area contributed by atoms with E-state index in [4.69, 9.17) is 0 Å². The van der Waals surface area contributed by atoms with Crippen LogP contribution < -0.4 is 0 Å². The van der Waals surface area contributed by atoms with E-state index in [-0.39, 0.29) is 5.39 Å². The number of aromatic hydroxyl groups is 1. The van der Waals surface area contributed by atoms with Crippen LogP contribution in [-0.2, 0) is 0 Å². The summed E-state index contributed by atoms with van der Waals surface area (Å²) in [6, 6.07) is 14.4. The fraction of sp³-hybridized carbons (Fsp3) is 0.407. The summed E-state index contributed by atoms with van der Waals surface area (Å²) < 4.78 is 28.6. The Bertz CT molecular complexity index is 1000. The Morgan fingerprint density at radius 3 is 2.30 bits per heavy atom. The van der Waals surface area contributed by atoms with Crippen LogP contribution in [0, 0.1) is 17.6 Å². The molecule has 1 N–H and O–H groups in total. The van der Waals surface area contributed by atoms with Gasteiger partial charge in [0.15, 0.2) is 11.6 Å². The van der Waals surface area contributed by atoms with Crippen molar-refractivity contribution in [3.05, 3.63) is 65.7 Å². The highest BCUT2D eigenvalue weighted by atomic mass is 19.1. The molecule has 0 heterocycles. The van der Waals surface area contributed by atoms with Crippen LogP contribution in [0.5, 0.6) is 5.75 Å². The lowest BCUT2D eigenvalue weighted by Gasteiger charge is -2.29. The first kappa shape index (κ1) is 20.8. The highest BCUT2D eigenvalue weighted by molar-refractivity contribution is 5.89. The molecule has 1 nitrogen and oxygen atoms in total. The van der Waals surface area contributed by atoms with Crippen molar-refractivity contribution < 1.29 is 13.9 Å². The van der Waals surface area contributed by atoms with Crippen LogP contribution in [0.1, 0.15) is 69.8 Å². The number of phenols is 1. The largest absolute Gasteiger partial charge is 0.505 e. The van der Waals surface area contributed by atoms with Crippen LogP contribution in [0.2, 0.25) is 0 Å². The third kappa shape index (κ3) is 4.35. The Hall–Kier alpha value is -2.42. The lowest BCUT2D eigenvalue weighted by Crippen LogP contribution is -2.13. The molecule has 0 aromatic heterocycles. The van der Waals surface area contributed by atoms with Gasteiger partial charge in [0, 0.05) is 0 Å². The van der Waals surface area contributed by atoms with E-state index < -0.39 is 17.4 Å². The van der Waals surface area contributed by atoms with Gasteiger partial charge in [-0.3, -0.25) is 0 Å². The number of unbranched alkanes of at least 4 members (excludes halogenated alkanes) is 2. The van der Waals surface area contributed by atoms with Gasteiger partial charge in [0.1, 0.15) is 5.82 Å². The lowest BCUT2D eigenvalue weighted by molar-refractivity contribution is 0.303. The van der Waals surface area contributed by atoms with Gasteiger partial charge in [-0.25, -0.2) is 8.78 Å². The van der Waals surface area contributed by atoms with Crippen LogP contribution in [-0.4, -0.2) is 5.11 Å². The zero-order valence-electron chi connectivity index (χ0n) is 17.6. The van der Waals surface area contributed by atoms with Crippen LogP contribution in [0.4, 0.5) is 8.78 Å². The van der Waals surface area contributed by atoms with E-state index in [0.29, 0.717) is 11.3 Å². The predicted molar refractivity (Wildman–Crippen MR) is 120 cm³/mol. The zero-order chi connectivity index (χ0) is 21.1. The first-order valence-electron chi connectivity index (χ1n) is 11.3. The van der Waals surface area contributed by atoms with E-state index >= 15 is 0 Å². The highest BCUT2D eigenvalue weighted by Crippen LogP contribution is 2.39. The summed E-state index contributed by atoms with van der Waals surface area (Å²) in [6.07, 6.45) is 10.5. The average Bonchev–Trinajstić information content (AvgIpc) is 2.77. The van der Waals surface area contributed by atoms with Crippen LogP contribution in [0.3, 0.4) is 0 Å². The molecule has 0 atom stereocenters. The average molecular weight is 409 g/mol. The molecule has 0 bridgehead atoms. The molecule has 1 aliphatic rings. The second-order valence-corrected chi connectivity index (χ2v) is 8.79. The molecule has 1 aliphatic carbocycles. The number of hydrogen-bond acceptors (Lipinski definition) is 1. The molecule has 3 heteroatoms. The van der Waals surface area contributed by atoms with Gasteiger partial charge in [0.2, 0.25) is 0 Å². The summed E-state index contributed by atoms with van der Waals surface area (Å²) in [7, 11) is 0. The van der Waals surface area contributed by atoms with Gasteiger partial charge in [0.25, 0.3) is 0 Å². The fourth-order valence-electron chi connectivity index (χ4n) is 4.94. The summed E-state index contributed by atoms with van der Waals surface area (Å²) in [5, 5.41) is 9.80. The third-order valence-corrected chi connectivity index (χ3v) is 6.76. The smallest absolute Gasteiger partial charge is 0.175 e. The Morgan fingerprint density at radius 1 is 0.867 bits per heavy atom. The number of phenolic OH excluding ortho intramolecular Hbond substituents is 1. The summed E-state index contributed by atoms with van der Waals surface area (Å²) in [5.74, 6) is -0.573. The molecule has 0 unspecified atom stereocenters. The van der Waals surface area contributed by atoms with E-state index in [1.165, 1.54) is 69.1 Å². The molecular weight excluding hydrogens is 378 g/mol. The molecule has 0 spiro atoms. The number of benzene rings is 3. The van der Waals surface area contributed by atoms with E-state index in [0.717, 1.165) is 17.0 Å². The SMILES string of the molecule is CCCCCC1CCC(c2ccc(-c3cc(F)c4c(F)c(O)ccc4c3)cc2)CC1. The third-order valence-electron chi connectivity index (χ3n) is 6.76. The minimum Gasteiger partial charge on any atom is -0.505 e. The van der Waals surface area contributed by atoms with Crippen molar-refractivity contribution in [2.75, 3.05) is 0 Å². The van der Waals surface area contributed by atoms with E-state index in [1.54, 1.807) is 12.1 Å². The van der Waals surface area contributed by atoms with Crippen LogP contribution in [0.25, 0.3) is 21.9 Å². The second kappa shape index (κ2) is 9.16. The number of fused-ring (bicyclic) bond motifs is 1. The molecule has 1 saturated carbocycles. The van der Waals surface area contributed by atoms with Gasteiger partial charge >= 0.3 is 0 Å². The molecule has 158 valence electrons. The molecule has 0 saturated heterocycles. The highest BCUT2D eigenvalue weighted by Gasteiger charge is 2.22. The van der Waals surface area contributed by atoms with Gasteiger partial charge in [-0.15, -0.1) is 0 Å². The molecule has 0 amide bonds. The molecule has 30 heavy (non-hydrogen) atoms. The molecule has 4 rings (SSSR count). The van der Waals surface area contributed by atoms with Crippen molar-refractivity contribution in [2.45, 2.75) is 64.2 Å². The van der Waals surface area contributed by atoms with Crippen molar-refractivity contribution in [2.24, 2.45) is 5.92 Å². The summed E-state index contributed by atoms with van der Waals surface area (Å²) in [5.41, 5.74) is 3.00. The Labute approximate surface area is 177 Å². The van der Waals surface area contributed by atoms with Crippen molar-refractivity contribution >= 4 is 10.8 Å². The number of hydrogen-bond donors (Lipinski definition) is 1. The second-order valence-electron chi connectivity index (χ2n) is 8.79. The summed E-state index contributed by atoms with van der Waals surface area (Å²) in [6.45, 7) is 2.26. The standard InChI is InChI=1S/C27H30F2O/c1-2-3-4-5-18-6-8-19(9-7-18)20-10-12-21(13-11-20)23-16-22-14-15-25(30)27(29)26(22)24(28)17-23/h10-19,30H,2-9H2,1H3. The Balaban J connectivity index is 1.47. The molecule has 0 radical (unpaired) electrons. The van der Waals surface area contributed by atoms with Gasteiger partial charge in [0.05, 0.1) is 5.39 Å². The maximum atomic E-state index is 14.5. The van der Waals surface area contributed by atoms with Crippen LogP contribution in [0.15, 0.2) is 48.5 Å². The first-order valence-corrected chi connectivity index (χ1v) is 11.3. The molecular formula is C27H30F2O. The quantitative estimate of drug-likeness (QED) is 0.406. The zero-order valence-corrected chi connectivity index (χ0v) is 17.6. The molecule has 1 fully saturated rings. The van der Waals surface area contributed by atoms with E-state index in [9.17, 15) is 13.9 Å². The predicted octanol–water partition coefficient (Wildman–Crippen LogP) is 8.34. The van der Waals surface area contributed by atoms with Crippen molar-refractivity contribution in [3.8, 4) is 16.9 Å². The monoisotopic (exact) mass is 408 g/mol.